The highest BCUT2D eigenvalue weighted by molar-refractivity contribution is 5.83. The molecule has 276 valence electrons. The molecule has 1 saturated heterocycles. The molecule has 5 atom stereocenters. The van der Waals surface area contributed by atoms with Crippen molar-refractivity contribution in [3.05, 3.63) is 162 Å². The molecule has 3 N–H and O–H groups in total. The fourth-order valence-electron chi connectivity index (χ4n) is 6.98. The van der Waals surface area contributed by atoms with Crippen LogP contribution in [0, 0.1) is 5.92 Å². The number of ether oxygens (including phenoxy) is 3. The number of amides is 2. The van der Waals surface area contributed by atoms with E-state index in [0.717, 1.165) is 50.0 Å². The van der Waals surface area contributed by atoms with Crippen LogP contribution in [0.25, 0.3) is 22.2 Å². The molecule has 1 fully saturated rings. The zero-order chi connectivity index (χ0) is 37.4. The molecule has 0 saturated carbocycles. The number of nitrogens with one attached hydrogen (secondary N) is 2. The van der Waals surface area contributed by atoms with Crippen LogP contribution in [-0.2, 0) is 45.1 Å². The molecule has 6 aromatic rings. The smallest absolute Gasteiger partial charge is 0.328 e. The van der Waals surface area contributed by atoms with Gasteiger partial charge in [0.2, 0.25) is 0 Å². The van der Waals surface area contributed by atoms with Gasteiger partial charge >= 0.3 is 12.0 Å². The van der Waals surface area contributed by atoms with Crippen LogP contribution in [0.3, 0.4) is 0 Å². The molecular formula is C44H44N4O6. The van der Waals surface area contributed by atoms with Crippen molar-refractivity contribution in [1.29, 1.82) is 0 Å². The van der Waals surface area contributed by atoms with Crippen LogP contribution >= 0.6 is 0 Å². The minimum Gasteiger partial charge on any atom is -0.467 e. The number of rotatable bonds is 12. The number of benzene rings is 5. The summed E-state index contributed by atoms with van der Waals surface area (Å²) in [5, 5.41) is 15.3. The van der Waals surface area contributed by atoms with Gasteiger partial charge in [-0.05, 0) is 57.6 Å². The number of para-hydroxylation sites is 2. The lowest BCUT2D eigenvalue weighted by Gasteiger charge is -2.41. The van der Waals surface area contributed by atoms with E-state index in [2.05, 4.69) is 39.2 Å². The third kappa shape index (κ3) is 8.52. The van der Waals surface area contributed by atoms with E-state index in [-0.39, 0.29) is 31.3 Å². The maximum atomic E-state index is 12.9. The van der Waals surface area contributed by atoms with Crippen molar-refractivity contribution in [3.8, 4) is 11.1 Å². The monoisotopic (exact) mass is 724 g/mol. The summed E-state index contributed by atoms with van der Waals surface area (Å²) in [5.74, 6) is -0.503. The Labute approximate surface area is 314 Å². The molecule has 10 nitrogen and oxygen atoms in total. The number of urea groups is 1. The Kier molecular flexibility index (Phi) is 11.4. The molecule has 0 radical (unpaired) electrons. The summed E-state index contributed by atoms with van der Waals surface area (Å²) < 4.78 is 20.6. The average molecular weight is 725 g/mol. The zero-order valence-corrected chi connectivity index (χ0v) is 30.3. The first kappa shape index (κ1) is 36.5. The Bertz CT molecular complexity index is 2190. The van der Waals surface area contributed by atoms with Crippen LogP contribution in [0.4, 0.5) is 4.79 Å². The number of aromatic nitrogens is 2. The lowest BCUT2D eigenvalue weighted by Crippen LogP contribution is -2.47. The first-order valence-corrected chi connectivity index (χ1v) is 18.1. The minimum atomic E-state index is -0.822. The van der Waals surface area contributed by atoms with Crippen LogP contribution < -0.4 is 10.6 Å². The zero-order valence-electron chi connectivity index (χ0n) is 30.3. The highest BCUT2D eigenvalue weighted by Gasteiger charge is 2.39. The van der Waals surface area contributed by atoms with E-state index in [1.165, 1.54) is 7.11 Å². The summed E-state index contributed by atoms with van der Waals surface area (Å²) in [6.45, 7) is 2.99. The number of hydrogen-bond donors (Lipinski definition) is 3. The number of hydrogen-bond acceptors (Lipinski definition) is 7. The molecule has 5 unspecified atom stereocenters. The molecule has 2 amide bonds. The molecule has 0 spiro atoms. The van der Waals surface area contributed by atoms with Crippen molar-refractivity contribution in [1.82, 2.24) is 20.2 Å². The van der Waals surface area contributed by atoms with Crippen molar-refractivity contribution in [2.24, 2.45) is 5.92 Å². The third-order valence-electron chi connectivity index (χ3n) is 9.97. The molecule has 2 heterocycles. The Morgan fingerprint density at radius 1 is 0.815 bits per heavy atom. The summed E-state index contributed by atoms with van der Waals surface area (Å²) >= 11 is 0. The number of fused-ring (bicyclic) bond motifs is 1. The molecule has 1 aliphatic heterocycles. The second-order valence-corrected chi connectivity index (χ2v) is 13.6. The number of carbonyl (C=O) groups excluding carboxylic acids is 2. The first-order chi connectivity index (χ1) is 26.4. The summed E-state index contributed by atoms with van der Waals surface area (Å²) in [6.07, 6.45) is 1.09. The molecular weight excluding hydrogens is 681 g/mol. The van der Waals surface area contributed by atoms with Crippen molar-refractivity contribution in [3.63, 3.8) is 0 Å². The van der Waals surface area contributed by atoms with Gasteiger partial charge in [-0.25, -0.2) is 14.6 Å². The molecule has 5 aromatic carbocycles. The molecule has 1 aliphatic rings. The Hall–Kier alpha value is -5.81. The van der Waals surface area contributed by atoms with Crippen LogP contribution in [0.15, 0.2) is 134 Å². The lowest BCUT2D eigenvalue weighted by atomic mass is 9.90. The van der Waals surface area contributed by atoms with E-state index in [1.54, 1.807) is 0 Å². The van der Waals surface area contributed by atoms with E-state index in [1.807, 2.05) is 122 Å². The van der Waals surface area contributed by atoms with Gasteiger partial charge in [0.1, 0.15) is 6.04 Å². The summed E-state index contributed by atoms with van der Waals surface area (Å²) in [4.78, 5) is 30.0. The molecule has 1 aromatic heterocycles. The molecule has 10 heteroatoms. The topological polar surface area (TPSA) is 124 Å². The first-order valence-electron chi connectivity index (χ1n) is 18.1. The van der Waals surface area contributed by atoms with Crippen LogP contribution in [0.2, 0.25) is 0 Å². The Morgan fingerprint density at radius 3 is 2.31 bits per heavy atom. The highest BCUT2D eigenvalue weighted by atomic mass is 16.7. The summed E-state index contributed by atoms with van der Waals surface area (Å²) in [6, 6.07) is 40.3. The number of aliphatic hydroxyl groups is 1. The maximum absolute atomic E-state index is 12.9. The van der Waals surface area contributed by atoms with Gasteiger partial charge in [0.15, 0.2) is 6.29 Å². The second kappa shape index (κ2) is 16.9. The quantitative estimate of drug-likeness (QED) is 0.114. The number of aliphatic hydroxyl groups excluding tert-OH is 1. The summed E-state index contributed by atoms with van der Waals surface area (Å²) in [5.41, 5.74) is 8.47. The van der Waals surface area contributed by atoms with E-state index in [4.69, 9.17) is 14.2 Å². The normalized spacial score (nSPS) is 18.9. The van der Waals surface area contributed by atoms with Crippen molar-refractivity contribution >= 4 is 23.0 Å². The molecule has 7 rings (SSSR count). The number of imidazole rings is 1. The van der Waals surface area contributed by atoms with Gasteiger partial charge in [-0.1, -0.05) is 110 Å². The number of nitrogens with zero attached hydrogens (tertiary/aromatic N) is 2. The van der Waals surface area contributed by atoms with Gasteiger partial charge in [-0.15, -0.1) is 0 Å². The van der Waals surface area contributed by atoms with Crippen molar-refractivity contribution in [2.45, 2.75) is 57.6 Å². The van der Waals surface area contributed by atoms with Crippen LogP contribution in [0.5, 0.6) is 0 Å². The Balaban J connectivity index is 1.08. The fraction of sp³-hybridized carbons (Fsp3) is 0.250. The van der Waals surface area contributed by atoms with Gasteiger partial charge in [0.05, 0.1) is 49.8 Å². The van der Waals surface area contributed by atoms with Crippen molar-refractivity contribution < 1.29 is 28.9 Å². The highest BCUT2D eigenvalue weighted by Crippen LogP contribution is 2.43. The molecule has 0 aliphatic carbocycles. The van der Waals surface area contributed by atoms with Gasteiger partial charge in [0, 0.05) is 24.4 Å². The van der Waals surface area contributed by atoms with Crippen LogP contribution in [-0.4, -0.2) is 45.9 Å². The van der Waals surface area contributed by atoms with Gasteiger partial charge in [0.25, 0.3) is 0 Å². The van der Waals surface area contributed by atoms with E-state index in [9.17, 15) is 14.7 Å². The van der Waals surface area contributed by atoms with E-state index in [0.29, 0.717) is 13.0 Å². The number of esters is 1. The number of methoxy groups -OCH3 is 1. The van der Waals surface area contributed by atoms with Crippen LogP contribution in [0.1, 0.15) is 47.1 Å². The SMILES string of the molecule is COC(=O)C(Cc1ccccc1)NC(=O)NCc1cccc(-c2cccc(C3OC(Cn4cnc5ccccc54)C(C)C(c4ccc(CO)cc4)O3)c2)c1. The predicted octanol–water partition coefficient (Wildman–Crippen LogP) is 7.27. The average Bonchev–Trinajstić information content (AvgIpc) is 3.63. The Morgan fingerprint density at radius 2 is 1.54 bits per heavy atom. The van der Waals surface area contributed by atoms with Gasteiger partial charge < -0.3 is 34.5 Å². The van der Waals surface area contributed by atoms with Gasteiger partial charge in [-0.2, -0.15) is 0 Å². The summed E-state index contributed by atoms with van der Waals surface area (Å²) in [7, 11) is 1.31. The van der Waals surface area contributed by atoms with Gasteiger partial charge in [-0.3, -0.25) is 0 Å². The lowest BCUT2D eigenvalue weighted by molar-refractivity contribution is -0.276. The molecule has 54 heavy (non-hydrogen) atoms. The molecule has 0 bridgehead atoms. The predicted molar refractivity (Wildman–Crippen MR) is 206 cm³/mol. The standard InChI is InChI=1S/C44H44N4O6/c1-29-40(26-48-28-46-37-16-6-7-17-39(37)48)53-43(54-41(29)33-20-18-31(27-49)19-21-33)36-15-9-14-35(24-36)34-13-8-12-32(22-34)25-45-44(51)47-38(42(50)52-2)23-30-10-4-3-5-11-30/h3-22,24,28-29,38,40-41,43,49H,23,25-27H2,1-2H3,(H2,45,47,51). The third-order valence-corrected chi connectivity index (χ3v) is 9.97. The maximum Gasteiger partial charge on any atom is 0.328 e. The van der Waals surface area contributed by atoms with Crippen molar-refractivity contribution in [2.75, 3.05) is 7.11 Å². The fourth-order valence-corrected chi connectivity index (χ4v) is 6.98. The largest absolute Gasteiger partial charge is 0.467 e. The number of carbonyl (C=O) groups is 2. The minimum absolute atomic E-state index is 0.00758. The van der Waals surface area contributed by atoms with E-state index >= 15 is 0 Å². The second-order valence-electron chi connectivity index (χ2n) is 13.6. The van der Waals surface area contributed by atoms with E-state index < -0.39 is 24.3 Å².